The van der Waals surface area contributed by atoms with Crippen molar-refractivity contribution in [2.24, 2.45) is 4.99 Å². The average molecular weight is 360 g/mol. The first-order chi connectivity index (χ1) is 12.7. The summed E-state index contributed by atoms with van der Waals surface area (Å²) in [7, 11) is 1.77. The number of amides is 1. The Balaban J connectivity index is 1.61. The molecular formula is C20H33N5O. The molecule has 1 amide bonds. The van der Waals surface area contributed by atoms with Crippen LogP contribution in [0.4, 0.5) is 0 Å². The van der Waals surface area contributed by atoms with Crippen molar-refractivity contribution in [2.75, 3.05) is 39.8 Å². The van der Waals surface area contributed by atoms with Gasteiger partial charge in [-0.15, -0.1) is 0 Å². The van der Waals surface area contributed by atoms with E-state index in [0.29, 0.717) is 18.7 Å². The molecule has 1 aromatic rings. The molecule has 1 atom stereocenters. The number of likely N-dealkylation sites (tertiary alicyclic amines) is 1. The number of rotatable bonds is 8. The van der Waals surface area contributed by atoms with Crippen LogP contribution in [0.5, 0.6) is 0 Å². The highest BCUT2D eigenvalue weighted by Crippen LogP contribution is 2.18. The standard InChI is InChI=1S/C20H33N5O/c1-3-18-11-7-8-15-25(18)16-14-24-20(21-2)23-13-12-22-19(26)17-9-5-4-6-10-17/h4-6,9-10,18H,3,7-8,11-16H2,1-2H3,(H,22,26)(H2,21,23,24). The number of piperidine rings is 1. The minimum Gasteiger partial charge on any atom is -0.355 e. The summed E-state index contributed by atoms with van der Waals surface area (Å²) in [6, 6.07) is 9.99. The van der Waals surface area contributed by atoms with Gasteiger partial charge in [0.15, 0.2) is 5.96 Å². The summed E-state index contributed by atoms with van der Waals surface area (Å²) in [5.74, 6) is 0.732. The van der Waals surface area contributed by atoms with Crippen molar-refractivity contribution in [3.8, 4) is 0 Å². The Bertz CT molecular complexity index is 561. The normalized spacial score (nSPS) is 18.4. The van der Waals surface area contributed by atoms with Gasteiger partial charge in [-0.3, -0.25) is 14.7 Å². The van der Waals surface area contributed by atoms with E-state index in [-0.39, 0.29) is 5.91 Å². The fourth-order valence-corrected chi connectivity index (χ4v) is 3.40. The Morgan fingerprint density at radius 1 is 1.12 bits per heavy atom. The number of carbonyl (C=O) groups excluding carboxylic acids is 1. The predicted molar refractivity (Wildman–Crippen MR) is 108 cm³/mol. The highest BCUT2D eigenvalue weighted by molar-refractivity contribution is 5.94. The Kier molecular flexibility index (Phi) is 8.96. The summed E-state index contributed by atoms with van der Waals surface area (Å²) < 4.78 is 0. The highest BCUT2D eigenvalue weighted by atomic mass is 16.1. The molecule has 6 nitrogen and oxygen atoms in total. The van der Waals surface area contributed by atoms with Crippen LogP contribution in [0, 0.1) is 0 Å². The monoisotopic (exact) mass is 359 g/mol. The van der Waals surface area contributed by atoms with E-state index < -0.39 is 0 Å². The lowest BCUT2D eigenvalue weighted by Crippen LogP contribution is -2.46. The van der Waals surface area contributed by atoms with Gasteiger partial charge in [0.25, 0.3) is 5.91 Å². The van der Waals surface area contributed by atoms with Gasteiger partial charge in [-0.05, 0) is 37.9 Å². The molecule has 2 rings (SSSR count). The van der Waals surface area contributed by atoms with Crippen molar-refractivity contribution in [1.29, 1.82) is 0 Å². The topological polar surface area (TPSA) is 68.8 Å². The zero-order valence-electron chi connectivity index (χ0n) is 16.1. The highest BCUT2D eigenvalue weighted by Gasteiger charge is 2.19. The molecule has 6 heteroatoms. The van der Waals surface area contributed by atoms with E-state index in [4.69, 9.17) is 0 Å². The van der Waals surface area contributed by atoms with Crippen LogP contribution in [-0.2, 0) is 0 Å². The molecule has 3 N–H and O–H groups in total. The molecule has 1 heterocycles. The third kappa shape index (κ3) is 6.67. The number of guanidine groups is 1. The first-order valence-electron chi connectivity index (χ1n) is 9.76. The van der Waals surface area contributed by atoms with E-state index in [1.165, 1.54) is 32.2 Å². The van der Waals surface area contributed by atoms with Gasteiger partial charge in [0.05, 0.1) is 0 Å². The van der Waals surface area contributed by atoms with Crippen molar-refractivity contribution in [2.45, 2.75) is 38.6 Å². The smallest absolute Gasteiger partial charge is 0.251 e. The van der Waals surface area contributed by atoms with Gasteiger partial charge in [0.2, 0.25) is 0 Å². The van der Waals surface area contributed by atoms with Crippen LogP contribution in [-0.4, -0.2) is 62.6 Å². The van der Waals surface area contributed by atoms with Crippen LogP contribution in [0.1, 0.15) is 43.0 Å². The molecule has 1 aliphatic rings. The first kappa shape index (κ1) is 20.2. The number of aliphatic imine (C=N–C) groups is 1. The van der Waals surface area contributed by atoms with Crippen LogP contribution in [0.2, 0.25) is 0 Å². The van der Waals surface area contributed by atoms with Crippen molar-refractivity contribution < 1.29 is 4.79 Å². The van der Waals surface area contributed by atoms with E-state index in [1.807, 2.05) is 30.3 Å². The van der Waals surface area contributed by atoms with Crippen molar-refractivity contribution in [1.82, 2.24) is 20.9 Å². The largest absolute Gasteiger partial charge is 0.355 e. The SMILES string of the molecule is CCC1CCCCN1CCNC(=NC)NCCNC(=O)c1ccccc1. The second-order valence-electron chi connectivity index (χ2n) is 6.64. The molecule has 0 saturated carbocycles. The fraction of sp³-hybridized carbons (Fsp3) is 0.600. The van der Waals surface area contributed by atoms with Crippen molar-refractivity contribution in [3.05, 3.63) is 35.9 Å². The second-order valence-corrected chi connectivity index (χ2v) is 6.64. The lowest BCUT2D eigenvalue weighted by Gasteiger charge is -2.35. The van der Waals surface area contributed by atoms with E-state index in [0.717, 1.165) is 25.1 Å². The maximum absolute atomic E-state index is 12.0. The number of nitrogens with one attached hydrogen (secondary N) is 3. The molecular weight excluding hydrogens is 326 g/mol. The molecule has 26 heavy (non-hydrogen) atoms. The summed E-state index contributed by atoms with van der Waals surface area (Å²) in [6.07, 6.45) is 5.23. The second kappa shape index (κ2) is 11.5. The van der Waals surface area contributed by atoms with Gasteiger partial charge in [-0.25, -0.2) is 0 Å². The zero-order chi connectivity index (χ0) is 18.6. The van der Waals surface area contributed by atoms with E-state index in [2.05, 4.69) is 32.8 Å². The van der Waals surface area contributed by atoms with Gasteiger partial charge in [0.1, 0.15) is 0 Å². The van der Waals surface area contributed by atoms with E-state index in [1.54, 1.807) is 7.05 Å². The molecule has 1 unspecified atom stereocenters. The molecule has 1 saturated heterocycles. The van der Waals surface area contributed by atoms with Gasteiger partial charge in [0, 0.05) is 44.8 Å². The molecule has 1 aliphatic heterocycles. The Morgan fingerprint density at radius 2 is 1.85 bits per heavy atom. The molecule has 0 bridgehead atoms. The third-order valence-corrected chi connectivity index (χ3v) is 4.87. The maximum atomic E-state index is 12.0. The number of benzene rings is 1. The Hall–Kier alpha value is -2.08. The molecule has 0 spiro atoms. The number of hydrogen-bond donors (Lipinski definition) is 3. The van der Waals surface area contributed by atoms with E-state index in [9.17, 15) is 4.79 Å². The zero-order valence-corrected chi connectivity index (χ0v) is 16.1. The average Bonchev–Trinajstić information content (AvgIpc) is 2.70. The molecule has 144 valence electrons. The minimum atomic E-state index is -0.0500. The van der Waals surface area contributed by atoms with E-state index >= 15 is 0 Å². The number of nitrogens with zero attached hydrogens (tertiary/aromatic N) is 2. The van der Waals surface area contributed by atoms with Crippen LogP contribution >= 0.6 is 0 Å². The summed E-state index contributed by atoms with van der Waals surface area (Å²) in [5, 5.41) is 9.52. The van der Waals surface area contributed by atoms with Crippen LogP contribution in [0.3, 0.4) is 0 Å². The van der Waals surface area contributed by atoms with Crippen LogP contribution in [0.15, 0.2) is 35.3 Å². The van der Waals surface area contributed by atoms with Gasteiger partial charge < -0.3 is 16.0 Å². The third-order valence-electron chi connectivity index (χ3n) is 4.87. The van der Waals surface area contributed by atoms with Gasteiger partial charge in [-0.2, -0.15) is 0 Å². The molecule has 0 aliphatic carbocycles. The van der Waals surface area contributed by atoms with Gasteiger partial charge >= 0.3 is 0 Å². The molecule has 0 radical (unpaired) electrons. The lowest BCUT2D eigenvalue weighted by molar-refractivity contribution is 0.0954. The summed E-state index contributed by atoms with van der Waals surface area (Å²) in [5.41, 5.74) is 0.682. The first-order valence-corrected chi connectivity index (χ1v) is 9.76. The summed E-state index contributed by atoms with van der Waals surface area (Å²) in [4.78, 5) is 18.8. The van der Waals surface area contributed by atoms with Crippen molar-refractivity contribution in [3.63, 3.8) is 0 Å². The Morgan fingerprint density at radius 3 is 2.58 bits per heavy atom. The predicted octanol–water partition coefficient (Wildman–Crippen LogP) is 1.85. The molecule has 1 fully saturated rings. The lowest BCUT2D eigenvalue weighted by atomic mass is 10.0. The fourth-order valence-electron chi connectivity index (χ4n) is 3.40. The number of carbonyl (C=O) groups is 1. The molecule has 0 aromatic heterocycles. The summed E-state index contributed by atoms with van der Waals surface area (Å²) in [6.45, 7) is 6.60. The Labute approximate surface area is 157 Å². The summed E-state index contributed by atoms with van der Waals surface area (Å²) >= 11 is 0. The van der Waals surface area contributed by atoms with Gasteiger partial charge in [-0.1, -0.05) is 31.5 Å². The van der Waals surface area contributed by atoms with Crippen molar-refractivity contribution >= 4 is 11.9 Å². The molecule has 1 aromatic carbocycles. The minimum absolute atomic E-state index is 0.0500. The number of hydrogen-bond acceptors (Lipinski definition) is 3. The van der Waals surface area contributed by atoms with Crippen LogP contribution < -0.4 is 16.0 Å². The quantitative estimate of drug-likeness (QED) is 0.376. The maximum Gasteiger partial charge on any atom is 0.251 e. The van der Waals surface area contributed by atoms with Crippen LogP contribution in [0.25, 0.3) is 0 Å².